The molecule has 0 radical (unpaired) electrons. The van der Waals surface area contributed by atoms with Gasteiger partial charge in [-0.2, -0.15) is 0 Å². The zero-order valence-corrected chi connectivity index (χ0v) is 12.2. The van der Waals surface area contributed by atoms with Crippen molar-refractivity contribution >= 4 is 34.5 Å². The summed E-state index contributed by atoms with van der Waals surface area (Å²) in [5.41, 5.74) is 1.90. The van der Waals surface area contributed by atoms with Crippen molar-refractivity contribution in [3.05, 3.63) is 59.1 Å². The van der Waals surface area contributed by atoms with E-state index in [-0.39, 0.29) is 16.9 Å². The Morgan fingerprint density at radius 2 is 1.90 bits per heavy atom. The first-order valence-electron chi connectivity index (χ1n) is 6.02. The van der Waals surface area contributed by atoms with Crippen molar-refractivity contribution in [2.45, 2.75) is 0 Å². The maximum Gasteiger partial charge on any atom is 0.274 e. The van der Waals surface area contributed by atoms with Crippen LogP contribution in [0.25, 0.3) is 10.6 Å². The molecule has 0 aliphatic rings. The minimum Gasteiger partial charge on any atom is -0.321 e. The number of halogens is 1. The summed E-state index contributed by atoms with van der Waals surface area (Å²) in [6.45, 7) is 0. The van der Waals surface area contributed by atoms with Gasteiger partial charge in [0.2, 0.25) is 5.28 Å². The molecule has 0 bridgehead atoms. The SMILES string of the molecule is O=C(Nc1ccc(-c2nccs2)cc1)c1ccnc(Cl)n1. The summed E-state index contributed by atoms with van der Waals surface area (Å²) >= 11 is 7.23. The zero-order valence-electron chi connectivity index (χ0n) is 10.7. The average molecular weight is 317 g/mol. The first-order valence-corrected chi connectivity index (χ1v) is 7.28. The number of carbonyl (C=O) groups excluding carboxylic acids is 1. The minimum atomic E-state index is -0.332. The number of aromatic nitrogens is 3. The molecule has 0 unspecified atom stereocenters. The number of nitrogens with one attached hydrogen (secondary N) is 1. The van der Waals surface area contributed by atoms with E-state index in [1.54, 1.807) is 17.5 Å². The van der Waals surface area contributed by atoms with Gasteiger partial charge in [-0.1, -0.05) is 0 Å². The van der Waals surface area contributed by atoms with Crippen LogP contribution in [0.1, 0.15) is 10.5 Å². The highest BCUT2D eigenvalue weighted by molar-refractivity contribution is 7.13. The molecule has 1 N–H and O–H groups in total. The maximum atomic E-state index is 12.0. The predicted octanol–water partition coefficient (Wildman–Crippen LogP) is 3.51. The molecular weight excluding hydrogens is 308 g/mol. The summed E-state index contributed by atoms with van der Waals surface area (Å²) in [5, 5.41) is 5.66. The van der Waals surface area contributed by atoms with Crippen molar-refractivity contribution in [3.63, 3.8) is 0 Å². The van der Waals surface area contributed by atoms with Crippen molar-refractivity contribution in [2.75, 3.05) is 5.32 Å². The Labute approximate surface area is 129 Å². The zero-order chi connectivity index (χ0) is 14.7. The molecule has 0 aliphatic carbocycles. The Balaban J connectivity index is 1.75. The lowest BCUT2D eigenvalue weighted by molar-refractivity contribution is 0.102. The predicted molar refractivity (Wildman–Crippen MR) is 82.5 cm³/mol. The second-order valence-corrected chi connectivity index (χ2v) is 5.31. The van der Waals surface area contributed by atoms with Gasteiger partial charge in [-0.15, -0.1) is 11.3 Å². The van der Waals surface area contributed by atoms with Gasteiger partial charge in [0.25, 0.3) is 5.91 Å². The molecule has 0 saturated carbocycles. The second kappa shape index (κ2) is 5.99. The third kappa shape index (κ3) is 3.24. The minimum absolute atomic E-state index is 0.0433. The van der Waals surface area contributed by atoms with Crippen LogP contribution in [0.15, 0.2) is 48.1 Å². The van der Waals surface area contributed by atoms with Crippen LogP contribution in [0.2, 0.25) is 5.28 Å². The molecule has 0 saturated heterocycles. The largest absolute Gasteiger partial charge is 0.321 e. The molecule has 2 aromatic heterocycles. The fourth-order valence-corrected chi connectivity index (χ4v) is 2.51. The Morgan fingerprint density at radius 1 is 1.10 bits per heavy atom. The fourth-order valence-electron chi connectivity index (χ4n) is 1.72. The molecule has 0 aliphatic heterocycles. The van der Waals surface area contributed by atoms with E-state index in [0.29, 0.717) is 5.69 Å². The number of amides is 1. The average Bonchev–Trinajstić information content (AvgIpc) is 3.02. The van der Waals surface area contributed by atoms with Crippen LogP contribution >= 0.6 is 22.9 Å². The van der Waals surface area contributed by atoms with Crippen molar-refractivity contribution < 1.29 is 4.79 Å². The Hall–Kier alpha value is -2.31. The summed E-state index contributed by atoms with van der Waals surface area (Å²) in [4.78, 5) is 23.8. The fraction of sp³-hybridized carbons (Fsp3) is 0. The highest BCUT2D eigenvalue weighted by atomic mass is 35.5. The van der Waals surface area contributed by atoms with Crippen LogP contribution in [0.5, 0.6) is 0 Å². The number of benzene rings is 1. The lowest BCUT2D eigenvalue weighted by atomic mass is 10.2. The quantitative estimate of drug-likeness (QED) is 0.751. The number of nitrogens with zero attached hydrogens (tertiary/aromatic N) is 3. The summed E-state index contributed by atoms with van der Waals surface area (Å²) in [6.07, 6.45) is 3.20. The molecule has 5 nitrogen and oxygen atoms in total. The first kappa shape index (κ1) is 13.7. The summed E-state index contributed by atoms with van der Waals surface area (Å²) < 4.78 is 0. The van der Waals surface area contributed by atoms with E-state index < -0.39 is 0 Å². The molecule has 7 heteroatoms. The van der Waals surface area contributed by atoms with E-state index in [1.807, 2.05) is 29.6 Å². The van der Waals surface area contributed by atoms with Crippen LogP contribution in [0, 0.1) is 0 Å². The van der Waals surface area contributed by atoms with Gasteiger partial charge in [0.15, 0.2) is 0 Å². The van der Waals surface area contributed by atoms with Crippen LogP contribution in [0.3, 0.4) is 0 Å². The van der Waals surface area contributed by atoms with Crippen LogP contribution in [0.4, 0.5) is 5.69 Å². The molecule has 3 rings (SSSR count). The van der Waals surface area contributed by atoms with Gasteiger partial charge in [0, 0.05) is 29.0 Å². The molecule has 21 heavy (non-hydrogen) atoms. The lowest BCUT2D eigenvalue weighted by Crippen LogP contribution is -2.13. The number of rotatable bonds is 3. The lowest BCUT2D eigenvalue weighted by Gasteiger charge is -2.05. The van der Waals surface area contributed by atoms with Gasteiger partial charge in [-0.25, -0.2) is 15.0 Å². The molecule has 3 aromatic rings. The summed E-state index contributed by atoms with van der Waals surface area (Å²) in [5.74, 6) is -0.332. The van der Waals surface area contributed by atoms with Crippen molar-refractivity contribution in [3.8, 4) is 10.6 Å². The highest BCUT2D eigenvalue weighted by Crippen LogP contribution is 2.23. The molecule has 0 fully saturated rings. The molecule has 1 aromatic carbocycles. The molecule has 1 amide bonds. The Bertz CT molecular complexity index is 759. The van der Waals surface area contributed by atoms with E-state index in [4.69, 9.17) is 11.6 Å². The Morgan fingerprint density at radius 3 is 2.57 bits per heavy atom. The standard InChI is InChI=1S/C14H9ClN4OS/c15-14-17-6-5-11(19-14)12(20)18-10-3-1-9(2-4-10)13-16-7-8-21-13/h1-8H,(H,18,20). The van der Waals surface area contributed by atoms with Crippen molar-refractivity contribution in [2.24, 2.45) is 0 Å². The highest BCUT2D eigenvalue weighted by Gasteiger charge is 2.09. The van der Waals surface area contributed by atoms with E-state index in [9.17, 15) is 4.79 Å². The van der Waals surface area contributed by atoms with E-state index in [2.05, 4.69) is 20.3 Å². The third-order valence-electron chi connectivity index (χ3n) is 2.68. The molecular formula is C14H9ClN4OS. The number of carbonyl (C=O) groups is 1. The smallest absolute Gasteiger partial charge is 0.274 e. The van der Waals surface area contributed by atoms with Crippen LogP contribution in [-0.2, 0) is 0 Å². The molecule has 0 atom stereocenters. The van der Waals surface area contributed by atoms with Gasteiger partial charge in [0.1, 0.15) is 10.7 Å². The van der Waals surface area contributed by atoms with Gasteiger partial charge < -0.3 is 5.32 Å². The normalized spacial score (nSPS) is 10.3. The first-order chi connectivity index (χ1) is 10.2. The number of anilines is 1. The van der Waals surface area contributed by atoms with Gasteiger partial charge in [-0.05, 0) is 41.9 Å². The topological polar surface area (TPSA) is 67.8 Å². The van der Waals surface area contributed by atoms with E-state index in [1.165, 1.54) is 12.3 Å². The van der Waals surface area contributed by atoms with E-state index in [0.717, 1.165) is 10.6 Å². The second-order valence-electron chi connectivity index (χ2n) is 4.08. The van der Waals surface area contributed by atoms with Crippen molar-refractivity contribution in [1.29, 1.82) is 0 Å². The monoisotopic (exact) mass is 316 g/mol. The third-order valence-corrected chi connectivity index (χ3v) is 3.69. The van der Waals surface area contributed by atoms with E-state index >= 15 is 0 Å². The molecule has 0 spiro atoms. The number of hydrogen-bond donors (Lipinski definition) is 1. The van der Waals surface area contributed by atoms with Crippen LogP contribution < -0.4 is 5.32 Å². The summed E-state index contributed by atoms with van der Waals surface area (Å²) in [7, 11) is 0. The van der Waals surface area contributed by atoms with Gasteiger partial charge in [0.05, 0.1) is 0 Å². The maximum absolute atomic E-state index is 12.0. The van der Waals surface area contributed by atoms with Crippen molar-refractivity contribution in [1.82, 2.24) is 15.0 Å². The number of thiazole rings is 1. The Kier molecular flexibility index (Phi) is 3.89. The van der Waals surface area contributed by atoms with Crippen LogP contribution in [-0.4, -0.2) is 20.9 Å². The van der Waals surface area contributed by atoms with Gasteiger partial charge >= 0.3 is 0 Å². The summed E-state index contributed by atoms with van der Waals surface area (Å²) in [6, 6.07) is 8.95. The molecule has 2 heterocycles. The van der Waals surface area contributed by atoms with Gasteiger partial charge in [-0.3, -0.25) is 4.79 Å². The number of hydrogen-bond acceptors (Lipinski definition) is 5. The molecule has 104 valence electrons.